The fourth-order valence-electron chi connectivity index (χ4n) is 3.97. The molecule has 8 nitrogen and oxygen atoms in total. The Balaban J connectivity index is 1.23. The summed E-state index contributed by atoms with van der Waals surface area (Å²) in [7, 11) is 0. The van der Waals surface area contributed by atoms with Crippen LogP contribution in [-0.4, -0.2) is 34.8 Å². The zero-order valence-electron chi connectivity index (χ0n) is 15.1. The van der Waals surface area contributed by atoms with Gasteiger partial charge in [0.1, 0.15) is 18.0 Å². The van der Waals surface area contributed by atoms with E-state index in [2.05, 4.69) is 31.5 Å². The van der Waals surface area contributed by atoms with Crippen LogP contribution in [-0.2, 0) is 16.0 Å². The maximum Gasteiger partial charge on any atom is 0.289 e. The molecule has 142 valence electrons. The van der Waals surface area contributed by atoms with E-state index in [1.807, 2.05) is 42.5 Å². The molecule has 1 unspecified atom stereocenters. The van der Waals surface area contributed by atoms with Crippen molar-refractivity contribution in [3.8, 4) is 0 Å². The van der Waals surface area contributed by atoms with Gasteiger partial charge in [0.25, 0.3) is 5.91 Å². The van der Waals surface area contributed by atoms with Gasteiger partial charge in [-0.3, -0.25) is 15.0 Å². The molecular weight excluding hydrogens is 356 g/mol. The maximum atomic E-state index is 12.7. The molecule has 0 bridgehead atoms. The fraction of sp³-hybridized carbons (Fsp3) is 0.300. The number of pyridine rings is 1. The normalized spacial score (nSPS) is 27.1. The van der Waals surface area contributed by atoms with E-state index in [4.69, 9.17) is 0 Å². The smallest absolute Gasteiger partial charge is 0.289 e. The number of hydrazone groups is 1. The molecular formula is C20H20N6O2. The molecule has 8 heteroatoms. The summed E-state index contributed by atoms with van der Waals surface area (Å²) in [5.74, 6) is 0.516. The molecule has 3 aliphatic rings. The molecule has 2 amide bonds. The average Bonchev–Trinajstić information content (AvgIpc) is 3.37. The second-order valence-electron chi connectivity index (χ2n) is 7.36. The van der Waals surface area contributed by atoms with E-state index in [1.54, 1.807) is 6.20 Å². The highest BCUT2D eigenvalue weighted by Gasteiger charge is 2.51. The van der Waals surface area contributed by atoms with Gasteiger partial charge in [-0.05, 0) is 35.4 Å². The lowest BCUT2D eigenvalue weighted by Crippen LogP contribution is -2.50. The highest BCUT2D eigenvalue weighted by Crippen LogP contribution is 2.52. The van der Waals surface area contributed by atoms with Crippen molar-refractivity contribution in [2.75, 3.05) is 5.32 Å². The highest BCUT2D eigenvalue weighted by atomic mass is 16.2. The number of rotatable bonds is 4. The zero-order chi connectivity index (χ0) is 19.1. The Kier molecular flexibility index (Phi) is 3.96. The van der Waals surface area contributed by atoms with Crippen molar-refractivity contribution in [1.29, 1.82) is 0 Å². The second kappa shape index (κ2) is 6.63. The Hall–Kier alpha value is -3.42. The molecule has 1 aromatic heterocycles. The molecule has 0 radical (unpaired) electrons. The number of anilines is 1. The minimum absolute atomic E-state index is 0.0875. The summed E-state index contributed by atoms with van der Waals surface area (Å²) >= 11 is 0. The fourth-order valence-corrected chi connectivity index (χ4v) is 3.97. The Morgan fingerprint density at radius 1 is 1.18 bits per heavy atom. The van der Waals surface area contributed by atoms with Crippen LogP contribution in [0.2, 0.25) is 0 Å². The first-order valence-electron chi connectivity index (χ1n) is 9.39. The van der Waals surface area contributed by atoms with Crippen LogP contribution in [0, 0.1) is 5.92 Å². The maximum absolute atomic E-state index is 12.7. The third-order valence-electron chi connectivity index (χ3n) is 5.46. The summed E-state index contributed by atoms with van der Waals surface area (Å²) in [5.41, 5.74) is 5.12. The molecule has 4 N–H and O–H groups in total. The number of amides is 2. The predicted octanol–water partition coefficient (Wildman–Crippen LogP) is 0.697. The summed E-state index contributed by atoms with van der Waals surface area (Å²) < 4.78 is 0. The minimum Gasteiger partial charge on any atom is -0.343 e. The van der Waals surface area contributed by atoms with E-state index in [0.29, 0.717) is 12.2 Å². The molecule has 2 aliphatic heterocycles. The third kappa shape index (κ3) is 3.06. The van der Waals surface area contributed by atoms with E-state index in [9.17, 15) is 9.59 Å². The number of carbonyl (C=O) groups is 2. The van der Waals surface area contributed by atoms with Gasteiger partial charge in [-0.25, -0.2) is 4.98 Å². The monoisotopic (exact) mass is 376 g/mol. The van der Waals surface area contributed by atoms with Crippen LogP contribution in [0.25, 0.3) is 0 Å². The number of hydrogen-bond donors (Lipinski definition) is 4. The van der Waals surface area contributed by atoms with Crippen LogP contribution in [0.5, 0.6) is 0 Å². The highest BCUT2D eigenvalue weighted by molar-refractivity contribution is 6.38. The van der Waals surface area contributed by atoms with Crippen molar-refractivity contribution >= 4 is 23.5 Å². The van der Waals surface area contributed by atoms with Gasteiger partial charge < -0.3 is 16.0 Å². The molecule has 28 heavy (non-hydrogen) atoms. The van der Waals surface area contributed by atoms with Gasteiger partial charge in [0.15, 0.2) is 0 Å². The van der Waals surface area contributed by atoms with E-state index < -0.39 is 6.04 Å². The summed E-state index contributed by atoms with van der Waals surface area (Å²) in [6.45, 7) is 0. The summed E-state index contributed by atoms with van der Waals surface area (Å²) in [5, 5.41) is 12.9. The zero-order valence-corrected chi connectivity index (χ0v) is 15.1. The lowest BCUT2D eigenvalue weighted by molar-refractivity contribution is -0.123. The van der Waals surface area contributed by atoms with E-state index in [0.717, 1.165) is 17.5 Å². The Bertz CT molecular complexity index is 960. The van der Waals surface area contributed by atoms with Crippen molar-refractivity contribution in [3.05, 3.63) is 59.8 Å². The standard InChI is InChI=1S/C20H20N6O2/c27-19-16(14-10-13(14)12-7-4-8-21-17(12)24-19)23-20(28)18-22-15(25-26-18)9-11-5-2-1-3-6-11/h1-8,13-16,25H,9-10H2,(H,22,26)(H,23,28)(H,21,24,27)/t13-,14-,15?,16-/m0/s1. The number of aromatic nitrogens is 1. The first-order chi connectivity index (χ1) is 13.7. The van der Waals surface area contributed by atoms with Gasteiger partial charge in [0.2, 0.25) is 11.7 Å². The van der Waals surface area contributed by atoms with Gasteiger partial charge in [-0.15, -0.1) is 0 Å². The average molecular weight is 376 g/mol. The van der Waals surface area contributed by atoms with E-state index in [-0.39, 0.29) is 35.7 Å². The van der Waals surface area contributed by atoms with E-state index >= 15 is 0 Å². The van der Waals surface area contributed by atoms with Gasteiger partial charge in [0.05, 0.1) is 0 Å². The molecule has 2 aromatic rings. The number of nitrogens with one attached hydrogen (secondary N) is 4. The van der Waals surface area contributed by atoms with Crippen LogP contribution in [0.3, 0.4) is 0 Å². The van der Waals surface area contributed by atoms with Crippen LogP contribution >= 0.6 is 0 Å². The SMILES string of the molecule is O=C(N[C@@H]1C(=O)Nc2ncccc2[C@@H]2C[C@H]12)C1=NNC(Cc2ccccc2)N1. The third-order valence-corrected chi connectivity index (χ3v) is 5.46. The summed E-state index contributed by atoms with van der Waals surface area (Å²) in [4.78, 5) is 29.6. The van der Waals surface area contributed by atoms with Crippen molar-refractivity contribution in [2.45, 2.75) is 31.0 Å². The Morgan fingerprint density at radius 3 is 2.89 bits per heavy atom. The molecule has 4 atom stereocenters. The van der Waals surface area contributed by atoms with Crippen LogP contribution in [0.4, 0.5) is 5.82 Å². The molecule has 1 aliphatic carbocycles. The van der Waals surface area contributed by atoms with Crippen molar-refractivity contribution in [2.24, 2.45) is 11.0 Å². The predicted molar refractivity (Wildman–Crippen MR) is 103 cm³/mol. The van der Waals surface area contributed by atoms with Crippen molar-refractivity contribution < 1.29 is 9.59 Å². The van der Waals surface area contributed by atoms with Gasteiger partial charge in [-0.1, -0.05) is 36.4 Å². The first-order valence-corrected chi connectivity index (χ1v) is 9.39. The lowest BCUT2D eigenvalue weighted by atomic mass is 10.1. The van der Waals surface area contributed by atoms with Crippen LogP contribution in [0.1, 0.15) is 23.5 Å². The van der Waals surface area contributed by atoms with E-state index in [1.165, 1.54) is 0 Å². The molecule has 0 spiro atoms. The molecule has 0 saturated heterocycles. The Morgan fingerprint density at radius 2 is 2.04 bits per heavy atom. The number of benzene rings is 1. The molecule has 1 aromatic carbocycles. The minimum atomic E-state index is -0.593. The molecule has 3 heterocycles. The molecule has 5 rings (SSSR count). The summed E-state index contributed by atoms with van der Waals surface area (Å²) in [6.07, 6.45) is 3.06. The van der Waals surface area contributed by atoms with Gasteiger partial charge in [0, 0.05) is 12.6 Å². The molecule has 1 fully saturated rings. The topological polar surface area (TPSA) is 108 Å². The van der Waals surface area contributed by atoms with Gasteiger partial charge in [-0.2, -0.15) is 5.10 Å². The lowest BCUT2D eigenvalue weighted by Gasteiger charge is -2.17. The number of amidine groups is 1. The molecule has 1 saturated carbocycles. The quantitative estimate of drug-likeness (QED) is 0.628. The first kappa shape index (κ1) is 16.7. The van der Waals surface area contributed by atoms with Crippen LogP contribution < -0.4 is 21.4 Å². The number of nitrogens with zero attached hydrogens (tertiary/aromatic N) is 2. The number of fused-ring (bicyclic) bond motifs is 3. The number of hydrogen-bond acceptors (Lipinski definition) is 6. The Labute approximate surface area is 161 Å². The number of carbonyl (C=O) groups excluding carboxylic acids is 2. The van der Waals surface area contributed by atoms with Crippen LogP contribution in [0.15, 0.2) is 53.8 Å². The largest absolute Gasteiger partial charge is 0.343 e. The second-order valence-corrected chi connectivity index (χ2v) is 7.36. The summed E-state index contributed by atoms with van der Waals surface area (Å²) in [6, 6.07) is 13.2. The van der Waals surface area contributed by atoms with Gasteiger partial charge >= 0.3 is 0 Å². The van der Waals surface area contributed by atoms with Crippen molar-refractivity contribution in [3.63, 3.8) is 0 Å². The van der Waals surface area contributed by atoms with Crippen molar-refractivity contribution in [1.82, 2.24) is 21.0 Å².